The zero-order valence-electron chi connectivity index (χ0n) is 16.8. The highest BCUT2D eigenvalue weighted by Gasteiger charge is 2.25. The Hall–Kier alpha value is -1.97. The topological polar surface area (TPSA) is 93.0 Å². The minimum atomic E-state index is -0.0120. The van der Waals surface area contributed by atoms with Crippen LogP contribution in [0.3, 0.4) is 0 Å². The van der Waals surface area contributed by atoms with Gasteiger partial charge in [0.15, 0.2) is 0 Å². The van der Waals surface area contributed by atoms with Crippen molar-refractivity contribution in [2.24, 2.45) is 0 Å². The van der Waals surface area contributed by atoms with Crippen LogP contribution in [0.25, 0.3) is 10.2 Å². The Kier molecular flexibility index (Phi) is 6.69. The fraction of sp³-hybridized carbons (Fsp3) is 0.632. The van der Waals surface area contributed by atoms with E-state index >= 15 is 0 Å². The summed E-state index contributed by atoms with van der Waals surface area (Å²) in [7, 11) is 0. The Morgan fingerprint density at radius 3 is 2.32 bits per heavy atom. The summed E-state index contributed by atoms with van der Waals surface area (Å²) >= 11 is 1.68. The van der Waals surface area contributed by atoms with E-state index in [-0.39, 0.29) is 19.1 Å². The molecule has 0 atom stereocenters. The second kappa shape index (κ2) is 9.02. The number of piperazine rings is 1. The maximum absolute atomic E-state index is 11.6. The van der Waals surface area contributed by atoms with Gasteiger partial charge in [-0.25, -0.2) is 4.98 Å². The highest BCUT2D eigenvalue weighted by atomic mass is 32.1. The molecule has 0 spiro atoms. The van der Waals surface area contributed by atoms with Gasteiger partial charge in [-0.2, -0.15) is 4.98 Å². The molecule has 0 saturated carbocycles. The number of anilines is 2. The molecule has 9 heteroatoms. The first-order valence-electron chi connectivity index (χ1n) is 9.77. The molecule has 28 heavy (non-hydrogen) atoms. The lowest BCUT2D eigenvalue weighted by Crippen LogP contribution is -2.48. The van der Waals surface area contributed by atoms with Crippen LogP contribution < -0.4 is 9.80 Å². The number of hydrogen-bond acceptors (Lipinski definition) is 8. The highest BCUT2D eigenvalue weighted by Crippen LogP contribution is 2.37. The molecule has 2 N–H and O–H groups in total. The minimum absolute atomic E-state index is 0.0120. The van der Waals surface area contributed by atoms with Crippen LogP contribution in [0.1, 0.15) is 24.3 Å². The summed E-state index contributed by atoms with van der Waals surface area (Å²) in [4.78, 5) is 29.4. The third kappa shape index (κ3) is 4.06. The van der Waals surface area contributed by atoms with Gasteiger partial charge < -0.3 is 24.9 Å². The lowest BCUT2D eigenvalue weighted by Gasteiger charge is -2.34. The molecule has 0 aromatic carbocycles. The Morgan fingerprint density at radius 1 is 1.14 bits per heavy atom. The van der Waals surface area contributed by atoms with Crippen molar-refractivity contribution in [1.29, 1.82) is 0 Å². The van der Waals surface area contributed by atoms with E-state index in [1.54, 1.807) is 18.3 Å². The summed E-state index contributed by atoms with van der Waals surface area (Å²) < 4.78 is 0. The normalized spacial score (nSPS) is 14.8. The number of aromatic nitrogens is 2. The van der Waals surface area contributed by atoms with Crippen LogP contribution in [0.15, 0.2) is 0 Å². The molecular weight excluding hydrogens is 378 g/mol. The molecule has 1 aliphatic heterocycles. The van der Waals surface area contributed by atoms with Crippen LogP contribution in [0, 0.1) is 6.92 Å². The molecule has 0 bridgehead atoms. The predicted octanol–water partition coefficient (Wildman–Crippen LogP) is 1.02. The zero-order chi connectivity index (χ0) is 20.3. The molecular formula is C19H29N5O3S. The number of fused-ring (bicyclic) bond motifs is 1. The number of aryl methyl sites for hydroxylation is 2. The van der Waals surface area contributed by atoms with Crippen molar-refractivity contribution in [2.75, 3.05) is 62.3 Å². The average molecular weight is 408 g/mol. The molecule has 2 aromatic rings. The lowest BCUT2D eigenvalue weighted by atomic mass is 10.1. The molecule has 0 unspecified atom stereocenters. The van der Waals surface area contributed by atoms with E-state index in [0.717, 1.165) is 22.5 Å². The molecule has 154 valence electrons. The van der Waals surface area contributed by atoms with Crippen LogP contribution in [0.5, 0.6) is 0 Å². The third-order valence-corrected chi connectivity index (χ3v) is 6.56. The molecule has 2 aromatic heterocycles. The number of hydrogen-bond donors (Lipinski definition) is 2. The molecule has 1 saturated heterocycles. The van der Waals surface area contributed by atoms with Crippen LogP contribution in [-0.2, 0) is 11.2 Å². The number of carbonyl (C=O) groups is 1. The summed E-state index contributed by atoms with van der Waals surface area (Å²) in [6, 6.07) is 0. The summed E-state index contributed by atoms with van der Waals surface area (Å²) in [6.07, 6.45) is 0.929. The van der Waals surface area contributed by atoms with Gasteiger partial charge in [0.05, 0.1) is 18.6 Å². The van der Waals surface area contributed by atoms with Gasteiger partial charge in [0.2, 0.25) is 11.9 Å². The lowest BCUT2D eigenvalue weighted by molar-refractivity contribution is -0.129. The number of aliphatic hydroxyl groups is 2. The number of rotatable bonds is 7. The van der Waals surface area contributed by atoms with Crippen molar-refractivity contribution < 1.29 is 15.0 Å². The average Bonchev–Trinajstić information content (AvgIpc) is 3.03. The van der Waals surface area contributed by atoms with Crippen LogP contribution in [0.4, 0.5) is 11.8 Å². The predicted molar refractivity (Wildman–Crippen MR) is 112 cm³/mol. The second-order valence-corrected chi connectivity index (χ2v) is 8.04. The van der Waals surface area contributed by atoms with E-state index in [1.807, 2.05) is 9.80 Å². The molecule has 0 aliphatic carbocycles. The smallest absolute Gasteiger partial charge is 0.228 e. The fourth-order valence-electron chi connectivity index (χ4n) is 3.65. The van der Waals surface area contributed by atoms with Gasteiger partial charge >= 0.3 is 0 Å². The van der Waals surface area contributed by atoms with Gasteiger partial charge in [-0.15, -0.1) is 11.3 Å². The summed E-state index contributed by atoms with van der Waals surface area (Å²) in [5.74, 6) is 1.51. The SMILES string of the molecule is CCc1sc2nc(N3CCN(C(C)=O)CC3)nc(N(CCO)CCO)c2c1C. The van der Waals surface area contributed by atoms with Gasteiger partial charge in [-0.05, 0) is 18.9 Å². The van der Waals surface area contributed by atoms with Crippen molar-refractivity contribution in [3.63, 3.8) is 0 Å². The number of carbonyl (C=O) groups excluding carboxylic acids is 1. The van der Waals surface area contributed by atoms with Crippen molar-refractivity contribution in [3.05, 3.63) is 10.4 Å². The van der Waals surface area contributed by atoms with E-state index in [0.29, 0.717) is 45.2 Å². The molecule has 1 amide bonds. The zero-order valence-corrected chi connectivity index (χ0v) is 17.6. The van der Waals surface area contributed by atoms with Gasteiger partial charge in [0, 0.05) is 51.1 Å². The minimum Gasteiger partial charge on any atom is -0.395 e. The van der Waals surface area contributed by atoms with Crippen LogP contribution in [-0.4, -0.2) is 83.5 Å². The quantitative estimate of drug-likeness (QED) is 0.708. The summed E-state index contributed by atoms with van der Waals surface area (Å²) in [5.41, 5.74) is 1.17. The summed E-state index contributed by atoms with van der Waals surface area (Å²) in [5, 5.41) is 20.0. The number of nitrogens with zero attached hydrogens (tertiary/aromatic N) is 5. The first-order chi connectivity index (χ1) is 13.5. The maximum atomic E-state index is 11.6. The molecule has 3 heterocycles. The first kappa shape index (κ1) is 20.8. The Bertz CT molecular complexity index is 827. The van der Waals surface area contributed by atoms with Crippen molar-refractivity contribution in [3.8, 4) is 0 Å². The molecule has 8 nitrogen and oxygen atoms in total. The van der Waals surface area contributed by atoms with Gasteiger partial charge in [0.1, 0.15) is 10.6 Å². The number of aliphatic hydroxyl groups excluding tert-OH is 2. The Morgan fingerprint density at radius 2 is 1.79 bits per heavy atom. The number of amides is 1. The Labute approximate surface area is 169 Å². The van der Waals surface area contributed by atoms with Gasteiger partial charge in [0.25, 0.3) is 0 Å². The van der Waals surface area contributed by atoms with Gasteiger partial charge in [-0.3, -0.25) is 4.79 Å². The van der Waals surface area contributed by atoms with Crippen molar-refractivity contribution in [1.82, 2.24) is 14.9 Å². The van der Waals surface area contributed by atoms with Gasteiger partial charge in [-0.1, -0.05) is 6.92 Å². The van der Waals surface area contributed by atoms with E-state index in [9.17, 15) is 15.0 Å². The van der Waals surface area contributed by atoms with E-state index < -0.39 is 0 Å². The van der Waals surface area contributed by atoms with Crippen LogP contribution in [0.2, 0.25) is 0 Å². The monoisotopic (exact) mass is 407 g/mol. The summed E-state index contributed by atoms with van der Waals surface area (Å²) in [6.45, 7) is 9.30. The standard InChI is InChI=1S/C19H29N5O3S/c1-4-15-13(2)16-17(23(9-11-25)10-12-26)20-19(21-18(16)28-15)24-7-5-22(6-8-24)14(3)27/h25-26H,4-12H2,1-3H3. The largest absolute Gasteiger partial charge is 0.395 e. The third-order valence-electron chi connectivity index (χ3n) is 5.23. The second-order valence-electron chi connectivity index (χ2n) is 6.96. The molecule has 3 rings (SSSR count). The molecule has 1 fully saturated rings. The van der Waals surface area contributed by atoms with Crippen LogP contribution >= 0.6 is 11.3 Å². The van der Waals surface area contributed by atoms with E-state index in [2.05, 4.69) is 18.7 Å². The maximum Gasteiger partial charge on any atom is 0.228 e. The molecule has 0 radical (unpaired) electrons. The molecule has 1 aliphatic rings. The Balaban J connectivity index is 2.03. The fourth-order valence-corrected chi connectivity index (χ4v) is 4.75. The van der Waals surface area contributed by atoms with E-state index in [4.69, 9.17) is 9.97 Å². The van der Waals surface area contributed by atoms with E-state index in [1.165, 1.54) is 10.4 Å². The number of thiophene rings is 1. The van der Waals surface area contributed by atoms with Crippen molar-refractivity contribution >= 4 is 39.2 Å². The highest BCUT2D eigenvalue weighted by molar-refractivity contribution is 7.19. The first-order valence-corrected chi connectivity index (χ1v) is 10.6. The van der Waals surface area contributed by atoms with Crippen molar-refractivity contribution in [2.45, 2.75) is 27.2 Å².